The summed E-state index contributed by atoms with van der Waals surface area (Å²) in [6.07, 6.45) is 44.7. The first-order valence-electron chi connectivity index (χ1n) is 22.2. The molecule has 0 amide bonds. The highest BCUT2D eigenvalue weighted by Gasteiger charge is 2.12. The molecule has 0 aliphatic carbocycles. The van der Waals surface area contributed by atoms with E-state index >= 15 is 0 Å². The Kier molecular flexibility index (Phi) is 38.8. The Morgan fingerprint density at radius 3 is 1.25 bits per heavy atom. The molecule has 0 rings (SSSR count). The number of allylic oxidation sites excluding steroid dienone is 1. The molecule has 3 heteroatoms. The molecule has 0 aliphatic heterocycles. The quantitative estimate of drug-likeness (QED) is 0.0516. The van der Waals surface area contributed by atoms with Gasteiger partial charge in [-0.3, -0.25) is 0 Å². The van der Waals surface area contributed by atoms with Crippen LogP contribution < -0.4 is 0 Å². The van der Waals surface area contributed by atoms with Crippen LogP contribution in [0.2, 0.25) is 0 Å². The molecule has 0 fully saturated rings. The van der Waals surface area contributed by atoms with Crippen LogP contribution in [0.4, 0.5) is 0 Å². The second kappa shape index (κ2) is 39.2. The fourth-order valence-electron chi connectivity index (χ4n) is 7.30. The highest BCUT2D eigenvalue weighted by Crippen LogP contribution is 2.22. The van der Waals surface area contributed by atoms with Crippen LogP contribution >= 0.6 is 0 Å². The Hall–Kier alpha value is -0.540. The molecule has 1 N–H and O–H groups in total. The summed E-state index contributed by atoms with van der Waals surface area (Å²) in [6.45, 7) is 17.1. The lowest BCUT2D eigenvalue weighted by atomic mass is 9.96. The molecule has 288 valence electrons. The van der Waals surface area contributed by atoms with Gasteiger partial charge in [0.1, 0.15) is 0 Å². The van der Waals surface area contributed by atoms with E-state index in [-0.39, 0.29) is 6.61 Å². The van der Waals surface area contributed by atoms with Gasteiger partial charge in [0, 0.05) is 13.0 Å². The first-order chi connectivity index (χ1) is 23.6. The van der Waals surface area contributed by atoms with Crippen molar-refractivity contribution in [3.05, 3.63) is 12.3 Å². The maximum atomic E-state index is 9.58. The summed E-state index contributed by atoms with van der Waals surface area (Å²) < 4.78 is 6.47. The van der Waals surface area contributed by atoms with E-state index in [9.17, 15) is 5.11 Å². The van der Waals surface area contributed by atoms with Crippen molar-refractivity contribution in [2.45, 2.75) is 246 Å². The van der Waals surface area contributed by atoms with Gasteiger partial charge in [-0.2, -0.15) is 0 Å². The zero-order chi connectivity index (χ0) is 35.2. The third kappa shape index (κ3) is 35.3. The summed E-state index contributed by atoms with van der Waals surface area (Å²) >= 11 is 0. The van der Waals surface area contributed by atoms with Crippen LogP contribution in [0.15, 0.2) is 12.3 Å². The van der Waals surface area contributed by atoms with Gasteiger partial charge in [-0.25, -0.2) is 0 Å². The van der Waals surface area contributed by atoms with Crippen LogP contribution in [-0.4, -0.2) is 42.4 Å². The van der Waals surface area contributed by atoms with E-state index in [0.717, 1.165) is 37.7 Å². The number of aliphatic hydroxyl groups excluding tert-OH is 1. The molecule has 0 aromatic heterocycles. The van der Waals surface area contributed by atoms with Crippen molar-refractivity contribution in [1.29, 1.82) is 0 Å². The van der Waals surface area contributed by atoms with E-state index in [4.69, 9.17) is 4.74 Å². The molecule has 0 saturated heterocycles. The Bertz CT molecular complexity index is 606. The first-order valence-corrected chi connectivity index (χ1v) is 22.2. The fraction of sp³-hybridized carbons (Fsp3) is 0.956. The van der Waals surface area contributed by atoms with Crippen LogP contribution in [-0.2, 0) is 4.74 Å². The minimum Gasteiger partial charge on any atom is -0.495 e. The molecule has 0 bridgehead atoms. The van der Waals surface area contributed by atoms with Crippen molar-refractivity contribution in [2.75, 3.05) is 26.2 Å². The second-order valence-electron chi connectivity index (χ2n) is 15.7. The number of rotatable bonds is 41. The summed E-state index contributed by atoms with van der Waals surface area (Å²) in [5.41, 5.74) is 0. The first kappa shape index (κ1) is 47.5. The van der Waals surface area contributed by atoms with Crippen molar-refractivity contribution >= 4 is 0 Å². The van der Waals surface area contributed by atoms with E-state index in [2.05, 4.69) is 39.2 Å². The van der Waals surface area contributed by atoms with Crippen LogP contribution in [0.3, 0.4) is 0 Å². The summed E-state index contributed by atoms with van der Waals surface area (Å²) in [6, 6.07) is 0. The van der Waals surface area contributed by atoms with Gasteiger partial charge in [-0.15, -0.1) is 0 Å². The maximum Gasteiger partial charge on any atom is 0.0982 e. The smallest absolute Gasteiger partial charge is 0.0982 e. The predicted molar refractivity (Wildman–Crippen MR) is 216 cm³/mol. The van der Waals surface area contributed by atoms with E-state index in [0.29, 0.717) is 6.10 Å². The monoisotopic (exact) mass is 678 g/mol. The Morgan fingerprint density at radius 2 is 0.833 bits per heavy atom. The molecule has 1 atom stereocenters. The number of aliphatic hydroxyl groups is 1. The zero-order valence-corrected chi connectivity index (χ0v) is 33.8. The second-order valence-corrected chi connectivity index (χ2v) is 15.7. The zero-order valence-electron chi connectivity index (χ0n) is 33.8. The van der Waals surface area contributed by atoms with Crippen molar-refractivity contribution in [3.63, 3.8) is 0 Å². The molecular formula is C45H91NO2. The Balaban J connectivity index is 3.97. The molecule has 0 radical (unpaired) electrons. The van der Waals surface area contributed by atoms with Crippen LogP contribution in [0.5, 0.6) is 0 Å². The summed E-state index contributed by atoms with van der Waals surface area (Å²) in [5, 5.41) is 9.58. The predicted octanol–water partition coefficient (Wildman–Crippen LogP) is 14.7. The number of hydrogen-bond donors (Lipinski definition) is 1. The summed E-state index contributed by atoms with van der Waals surface area (Å²) in [7, 11) is 0. The average Bonchev–Trinajstić information content (AvgIpc) is 3.08. The van der Waals surface area contributed by atoms with Crippen molar-refractivity contribution in [1.82, 2.24) is 4.90 Å². The van der Waals surface area contributed by atoms with Crippen LogP contribution in [0.25, 0.3) is 0 Å². The normalized spacial score (nSPS) is 12.4. The van der Waals surface area contributed by atoms with Gasteiger partial charge in [0.15, 0.2) is 0 Å². The van der Waals surface area contributed by atoms with Crippen molar-refractivity contribution < 1.29 is 9.84 Å². The molecule has 48 heavy (non-hydrogen) atoms. The third-order valence-corrected chi connectivity index (χ3v) is 10.7. The standard InChI is InChI=1S/C45H91NO2/c1-6-9-12-15-20-27-34-43(4)35-28-21-18-25-32-39-46(41-42-47)40-33-26-19-22-29-36-44(5)48-45(37-30-23-16-13-10-7-2)38-31-24-17-14-11-8-3/h43,45,47H,5-42H2,1-4H3. The third-order valence-electron chi connectivity index (χ3n) is 10.7. The number of hydrogen-bond acceptors (Lipinski definition) is 3. The van der Waals surface area contributed by atoms with Crippen molar-refractivity contribution in [3.8, 4) is 0 Å². The highest BCUT2D eigenvalue weighted by molar-refractivity contribution is 4.84. The number of unbranched alkanes of at least 4 members (excludes halogenated alkanes) is 23. The van der Waals surface area contributed by atoms with Gasteiger partial charge in [0.2, 0.25) is 0 Å². The molecule has 0 heterocycles. The van der Waals surface area contributed by atoms with E-state index < -0.39 is 0 Å². The SMILES string of the molecule is C=C(CCCCCCCN(CCO)CCCCCCCC(C)CCCCCCCC)OC(CCCCCCCC)CCCCCCCC. The van der Waals surface area contributed by atoms with Gasteiger partial charge >= 0.3 is 0 Å². The molecule has 0 saturated carbocycles. The van der Waals surface area contributed by atoms with Crippen LogP contribution in [0, 0.1) is 5.92 Å². The highest BCUT2D eigenvalue weighted by atomic mass is 16.5. The van der Waals surface area contributed by atoms with Gasteiger partial charge < -0.3 is 14.7 Å². The van der Waals surface area contributed by atoms with E-state index in [1.807, 2.05) is 0 Å². The molecular weight excluding hydrogens is 587 g/mol. The van der Waals surface area contributed by atoms with Crippen molar-refractivity contribution in [2.24, 2.45) is 5.92 Å². The average molecular weight is 678 g/mol. The molecule has 0 aliphatic rings. The number of nitrogens with zero attached hydrogens (tertiary/aromatic N) is 1. The number of ether oxygens (including phenoxy) is 1. The molecule has 3 nitrogen and oxygen atoms in total. The van der Waals surface area contributed by atoms with Gasteiger partial charge in [0.25, 0.3) is 0 Å². The molecule has 0 aromatic rings. The van der Waals surface area contributed by atoms with E-state index in [1.165, 1.54) is 205 Å². The molecule has 0 aromatic carbocycles. The Morgan fingerprint density at radius 1 is 0.479 bits per heavy atom. The lowest BCUT2D eigenvalue weighted by Gasteiger charge is -2.21. The molecule has 1 unspecified atom stereocenters. The summed E-state index contributed by atoms with van der Waals surface area (Å²) in [5.74, 6) is 1.95. The lowest BCUT2D eigenvalue weighted by molar-refractivity contribution is 0.0895. The minimum atomic E-state index is 0.289. The largest absolute Gasteiger partial charge is 0.495 e. The fourth-order valence-corrected chi connectivity index (χ4v) is 7.30. The van der Waals surface area contributed by atoms with Gasteiger partial charge in [0.05, 0.1) is 18.5 Å². The maximum absolute atomic E-state index is 9.58. The van der Waals surface area contributed by atoms with Gasteiger partial charge in [-0.1, -0.05) is 195 Å². The molecule has 0 spiro atoms. The minimum absolute atomic E-state index is 0.289. The van der Waals surface area contributed by atoms with Crippen LogP contribution in [0.1, 0.15) is 240 Å². The summed E-state index contributed by atoms with van der Waals surface area (Å²) in [4.78, 5) is 2.51. The lowest BCUT2D eigenvalue weighted by Crippen LogP contribution is -2.29. The van der Waals surface area contributed by atoms with Gasteiger partial charge in [-0.05, 0) is 64.0 Å². The van der Waals surface area contributed by atoms with E-state index in [1.54, 1.807) is 0 Å². The Labute approximate surface area is 304 Å². The topological polar surface area (TPSA) is 32.7 Å².